The molecule has 0 fully saturated rings. The number of rotatable bonds is 4. The maximum absolute atomic E-state index is 12.3. The first kappa shape index (κ1) is 18.8. The van der Waals surface area contributed by atoms with Crippen molar-refractivity contribution in [1.29, 1.82) is 0 Å². The molecule has 0 bridgehead atoms. The van der Waals surface area contributed by atoms with Gasteiger partial charge in [0.25, 0.3) is 0 Å². The van der Waals surface area contributed by atoms with Crippen LogP contribution < -0.4 is 10.1 Å². The Morgan fingerprint density at radius 2 is 2.04 bits per heavy atom. The van der Waals surface area contributed by atoms with E-state index in [0.29, 0.717) is 29.2 Å². The molecule has 2 amide bonds. The number of urea groups is 1. The van der Waals surface area contributed by atoms with Crippen LogP contribution in [0.15, 0.2) is 32.3 Å². The van der Waals surface area contributed by atoms with Gasteiger partial charge in [0.1, 0.15) is 5.75 Å². The van der Waals surface area contributed by atoms with Gasteiger partial charge in [0, 0.05) is 22.8 Å². The molecule has 1 N–H and O–H groups in total. The van der Waals surface area contributed by atoms with Crippen molar-refractivity contribution in [3.05, 3.63) is 37.9 Å². The summed E-state index contributed by atoms with van der Waals surface area (Å²) in [5.41, 5.74) is 1.57. The Bertz CT molecular complexity index is 718. The molecule has 0 saturated carbocycles. The Labute approximate surface area is 157 Å². The predicted molar refractivity (Wildman–Crippen MR) is 96.8 cm³/mol. The smallest absolute Gasteiger partial charge is 0.337 e. The van der Waals surface area contributed by atoms with Gasteiger partial charge in [-0.15, -0.1) is 0 Å². The molecule has 0 aliphatic carbocycles. The summed E-state index contributed by atoms with van der Waals surface area (Å²) in [6.07, 6.45) is 0. The second kappa shape index (κ2) is 7.57. The number of halogens is 2. The van der Waals surface area contributed by atoms with Gasteiger partial charge < -0.3 is 19.7 Å². The number of nitrogens with zero attached hydrogens (tertiary/aromatic N) is 1. The highest BCUT2D eigenvalue weighted by atomic mass is 79.9. The monoisotopic (exact) mass is 460 g/mol. The number of methoxy groups -OCH3 is 1. The van der Waals surface area contributed by atoms with Gasteiger partial charge in [-0.2, -0.15) is 0 Å². The summed E-state index contributed by atoms with van der Waals surface area (Å²) in [4.78, 5) is 26.0. The van der Waals surface area contributed by atoms with Gasteiger partial charge in [0.15, 0.2) is 0 Å². The number of hydrogen-bond acceptors (Lipinski definition) is 4. The lowest BCUT2D eigenvalue weighted by Crippen LogP contribution is -2.46. The molecule has 24 heavy (non-hydrogen) atoms. The molecule has 0 aromatic heterocycles. The van der Waals surface area contributed by atoms with E-state index in [1.807, 2.05) is 19.1 Å². The molecule has 0 spiro atoms. The van der Waals surface area contributed by atoms with Gasteiger partial charge in [0.2, 0.25) is 0 Å². The standard InChI is InChI=1S/C16H18Br2N2O4/c1-5-24-14-10(6-9(17)7-11(14)18)13-12(15(21)23-4)8(2)20(3)16(22)19-13/h6-7,13H,5H2,1-4H3,(H,19,22)/t13-/m0/s1. The molecule has 1 aliphatic heterocycles. The number of benzene rings is 1. The number of nitrogens with one attached hydrogen (secondary N) is 1. The van der Waals surface area contributed by atoms with E-state index >= 15 is 0 Å². The number of allylic oxidation sites excluding steroid dienone is 1. The van der Waals surface area contributed by atoms with Crippen molar-refractivity contribution in [3.63, 3.8) is 0 Å². The van der Waals surface area contributed by atoms with Crippen molar-refractivity contribution < 1.29 is 19.1 Å². The third-order valence-electron chi connectivity index (χ3n) is 3.80. The van der Waals surface area contributed by atoms with Gasteiger partial charge in [-0.1, -0.05) is 15.9 Å². The number of carbonyl (C=O) groups is 2. The van der Waals surface area contributed by atoms with Crippen LogP contribution in [0, 0.1) is 0 Å². The molecule has 1 heterocycles. The van der Waals surface area contributed by atoms with Crippen LogP contribution in [0.3, 0.4) is 0 Å². The van der Waals surface area contributed by atoms with Crippen molar-refractivity contribution in [2.75, 3.05) is 20.8 Å². The highest BCUT2D eigenvalue weighted by Crippen LogP contribution is 2.41. The number of carbonyl (C=O) groups excluding carboxylic acids is 2. The third-order valence-corrected chi connectivity index (χ3v) is 4.84. The summed E-state index contributed by atoms with van der Waals surface area (Å²) in [7, 11) is 2.92. The van der Waals surface area contributed by atoms with Gasteiger partial charge in [-0.25, -0.2) is 9.59 Å². The van der Waals surface area contributed by atoms with E-state index in [4.69, 9.17) is 9.47 Å². The Morgan fingerprint density at radius 1 is 1.38 bits per heavy atom. The van der Waals surface area contributed by atoms with Crippen LogP contribution in [0.25, 0.3) is 0 Å². The van der Waals surface area contributed by atoms with Crippen molar-refractivity contribution >= 4 is 43.9 Å². The first-order valence-corrected chi connectivity index (χ1v) is 8.85. The lowest BCUT2D eigenvalue weighted by Gasteiger charge is -2.33. The zero-order valence-electron chi connectivity index (χ0n) is 13.8. The quantitative estimate of drug-likeness (QED) is 0.693. The first-order chi connectivity index (χ1) is 11.3. The molecule has 0 unspecified atom stereocenters. The molecule has 1 aliphatic rings. The molecule has 0 saturated heterocycles. The molecule has 1 atom stereocenters. The number of hydrogen-bond donors (Lipinski definition) is 1. The van der Waals surface area contributed by atoms with E-state index in [9.17, 15) is 9.59 Å². The molecular formula is C16H18Br2N2O4. The molecule has 1 aromatic carbocycles. The third kappa shape index (κ3) is 3.44. The molecule has 0 radical (unpaired) electrons. The average Bonchev–Trinajstić information content (AvgIpc) is 2.54. The summed E-state index contributed by atoms with van der Waals surface area (Å²) in [5, 5.41) is 2.84. The summed E-state index contributed by atoms with van der Waals surface area (Å²) >= 11 is 6.91. The topological polar surface area (TPSA) is 67.9 Å². The summed E-state index contributed by atoms with van der Waals surface area (Å²) in [6.45, 7) is 4.03. The Morgan fingerprint density at radius 3 is 2.62 bits per heavy atom. The van der Waals surface area contributed by atoms with Crippen molar-refractivity contribution in [3.8, 4) is 5.75 Å². The minimum Gasteiger partial charge on any atom is -0.492 e. The first-order valence-electron chi connectivity index (χ1n) is 7.26. The van der Waals surface area contributed by atoms with E-state index in [0.717, 1.165) is 8.95 Å². The molecule has 6 nitrogen and oxygen atoms in total. The second-order valence-electron chi connectivity index (χ2n) is 5.17. The zero-order chi connectivity index (χ0) is 18.0. The van der Waals surface area contributed by atoms with E-state index in [-0.39, 0.29) is 6.03 Å². The highest BCUT2D eigenvalue weighted by Gasteiger charge is 2.36. The Hall–Kier alpha value is -1.54. The lowest BCUT2D eigenvalue weighted by atomic mass is 9.94. The van der Waals surface area contributed by atoms with Crippen LogP contribution in [0.5, 0.6) is 5.75 Å². The summed E-state index contributed by atoms with van der Waals surface area (Å²) < 4.78 is 12.2. The van der Waals surface area contributed by atoms with Crippen LogP contribution >= 0.6 is 31.9 Å². The Kier molecular flexibility index (Phi) is 5.92. The van der Waals surface area contributed by atoms with Gasteiger partial charge in [0.05, 0.1) is 29.8 Å². The highest BCUT2D eigenvalue weighted by molar-refractivity contribution is 9.11. The average molecular weight is 462 g/mol. The van der Waals surface area contributed by atoms with Crippen LogP contribution in [0.2, 0.25) is 0 Å². The number of esters is 1. The van der Waals surface area contributed by atoms with Gasteiger partial charge in [-0.05, 0) is 41.9 Å². The van der Waals surface area contributed by atoms with Gasteiger partial charge >= 0.3 is 12.0 Å². The van der Waals surface area contributed by atoms with E-state index < -0.39 is 12.0 Å². The number of ether oxygens (including phenoxy) is 2. The zero-order valence-corrected chi connectivity index (χ0v) is 16.9. The van der Waals surface area contributed by atoms with Crippen LogP contribution in [-0.4, -0.2) is 37.7 Å². The van der Waals surface area contributed by atoms with Gasteiger partial charge in [-0.3, -0.25) is 0 Å². The molecular weight excluding hydrogens is 444 g/mol. The van der Waals surface area contributed by atoms with Crippen LogP contribution in [0.1, 0.15) is 25.5 Å². The molecule has 1 aromatic rings. The van der Waals surface area contributed by atoms with E-state index in [1.54, 1.807) is 14.0 Å². The minimum atomic E-state index is -0.670. The van der Waals surface area contributed by atoms with Crippen molar-refractivity contribution in [2.24, 2.45) is 0 Å². The fraction of sp³-hybridized carbons (Fsp3) is 0.375. The number of amides is 2. The lowest BCUT2D eigenvalue weighted by molar-refractivity contribution is -0.136. The summed E-state index contributed by atoms with van der Waals surface area (Å²) in [6, 6.07) is 2.70. The largest absolute Gasteiger partial charge is 0.492 e. The van der Waals surface area contributed by atoms with E-state index in [1.165, 1.54) is 12.0 Å². The van der Waals surface area contributed by atoms with Crippen molar-refractivity contribution in [1.82, 2.24) is 10.2 Å². The molecule has 2 rings (SSSR count). The fourth-order valence-electron chi connectivity index (χ4n) is 2.53. The second-order valence-corrected chi connectivity index (χ2v) is 6.94. The van der Waals surface area contributed by atoms with Crippen LogP contribution in [0.4, 0.5) is 4.79 Å². The van der Waals surface area contributed by atoms with E-state index in [2.05, 4.69) is 37.2 Å². The summed E-state index contributed by atoms with van der Waals surface area (Å²) in [5.74, 6) is 0.0765. The van der Waals surface area contributed by atoms with Crippen LogP contribution in [-0.2, 0) is 9.53 Å². The SMILES string of the molecule is CCOc1c(Br)cc(Br)cc1[C@@H]1NC(=O)N(C)C(C)=C1C(=O)OC. The normalized spacial score (nSPS) is 17.7. The predicted octanol–water partition coefficient (Wildman–Crippen LogP) is 3.75. The maximum Gasteiger partial charge on any atom is 0.337 e. The maximum atomic E-state index is 12.3. The minimum absolute atomic E-state index is 0.302. The van der Waals surface area contributed by atoms with Crippen molar-refractivity contribution in [2.45, 2.75) is 19.9 Å². The Balaban J connectivity index is 2.69. The molecule has 130 valence electrons. The molecule has 8 heteroatoms. The fourth-order valence-corrected chi connectivity index (χ4v) is 3.91.